The van der Waals surface area contributed by atoms with Gasteiger partial charge in [0, 0.05) is 50.4 Å². The monoisotopic (exact) mass is 367 g/mol. The Morgan fingerprint density at radius 1 is 1.22 bits per heavy atom. The molecule has 1 aromatic heterocycles. The van der Waals surface area contributed by atoms with Gasteiger partial charge in [0.05, 0.1) is 17.2 Å². The topological polar surface area (TPSA) is 45.7 Å². The van der Waals surface area contributed by atoms with Crippen LogP contribution in [0.2, 0.25) is 0 Å². The van der Waals surface area contributed by atoms with E-state index >= 15 is 0 Å². The summed E-state index contributed by atoms with van der Waals surface area (Å²) in [5, 5.41) is 0.978. The van der Waals surface area contributed by atoms with Crippen molar-refractivity contribution in [3.8, 4) is 0 Å². The molecule has 4 rings (SSSR count). The molecule has 144 valence electrons. The van der Waals surface area contributed by atoms with E-state index in [0.29, 0.717) is 6.10 Å². The standard InChI is InChI=1S/C22H29N3O2/c1-3-17-6-7-21-19(14-17)20(13-16(2)23-21)22(26)25-10-8-24(9-11-25)15-18-5-4-12-27-18/h6-7,13-14,18H,3-5,8-12,15H2,1-2H3. The fourth-order valence-electron chi connectivity index (χ4n) is 4.18. The Kier molecular flexibility index (Phi) is 5.41. The zero-order chi connectivity index (χ0) is 18.8. The number of carbonyl (C=O) groups excluding carboxylic acids is 1. The molecular weight excluding hydrogens is 338 g/mol. The zero-order valence-electron chi connectivity index (χ0n) is 16.4. The molecular formula is C22H29N3O2. The minimum absolute atomic E-state index is 0.135. The van der Waals surface area contributed by atoms with Gasteiger partial charge in [-0.15, -0.1) is 0 Å². The minimum atomic E-state index is 0.135. The minimum Gasteiger partial charge on any atom is -0.377 e. The second-order valence-electron chi connectivity index (χ2n) is 7.74. The van der Waals surface area contributed by atoms with Crippen LogP contribution in [0, 0.1) is 6.92 Å². The maximum atomic E-state index is 13.3. The first-order valence-corrected chi connectivity index (χ1v) is 10.2. The molecule has 0 aliphatic carbocycles. The Morgan fingerprint density at radius 3 is 2.74 bits per heavy atom. The number of hydrogen-bond donors (Lipinski definition) is 0. The van der Waals surface area contributed by atoms with Crippen molar-refractivity contribution < 1.29 is 9.53 Å². The Hall–Kier alpha value is -1.98. The maximum absolute atomic E-state index is 13.3. The molecule has 0 N–H and O–H groups in total. The SMILES string of the molecule is CCc1ccc2nc(C)cc(C(=O)N3CCN(CC4CCCO4)CC3)c2c1. The first-order chi connectivity index (χ1) is 13.1. The molecule has 5 heteroatoms. The number of pyridine rings is 1. The van der Waals surface area contributed by atoms with Gasteiger partial charge in [-0.2, -0.15) is 0 Å². The Morgan fingerprint density at radius 2 is 2.04 bits per heavy atom. The van der Waals surface area contributed by atoms with Gasteiger partial charge in [0.25, 0.3) is 5.91 Å². The van der Waals surface area contributed by atoms with E-state index < -0.39 is 0 Å². The largest absolute Gasteiger partial charge is 0.377 e. The Labute approximate surface area is 161 Å². The third-order valence-corrected chi connectivity index (χ3v) is 5.79. The summed E-state index contributed by atoms with van der Waals surface area (Å²) in [6.45, 7) is 9.41. The van der Waals surface area contributed by atoms with Crippen LogP contribution in [0.4, 0.5) is 0 Å². The van der Waals surface area contributed by atoms with E-state index in [4.69, 9.17) is 4.74 Å². The summed E-state index contributed by atoms with van der Waals surface area (Å²) in [6, 6.07) is 8.22. The van der Waals surface area contributed by atoms with Gasteiger partial charge >= 0.3 is 0 Å². The summed E-state index contributed by atoms with van der Waals surface area (Å²) in [5.41, 5.74) is 3.84. The molecule has 2 aromatic rings. The highest BCUT2D eigenvalue weighted by Gasteiger charge is 2.26. The predicted octanol–water partition coefficient (Wildman–Crippen LogP) is 3.04. The van der Waals surface area contributed by atoms with Crippen LogP contribution < -0.4 is 0 Å². The third kappa shape index (κ3) is 3.99. The lowest BCUT2D eigenvalue weighted by Gasteiger charge is -2.36. The fourth-order valence-corrected chi connectivity index (χ4v) is 4.18. The second kappa shape index (κ2) is 7.95. The van der Waals surface area contributed by atoms with Crippen LogP contribution in [-0.4, -0.2) is 66.1 Å². The number of amides is 1. The van der Waals surface area contributed by atoms with Gasteiger partial charge in [-0.1, -0.05) is 13.0 Å². The van der Waals surface area contributed by atoms with Gasteiger partial charge in [0.15, 0.2) is 0 Å². The fraction of sp³-hybridized carbons (Fsp3) is 0.545. The normalized spacial score (nSPS) is 21.1. The Balaban J connectivity index is 1.49. The summed E-state index contributed by atoms with van der Waals surface area (Å²) < 4.78 is 5.75. The van der Waals surface area contributed by atoms with Crippen molar-refractivity contribution in [1.29, 1.82) is 0 Å². The van der Waals surface area contributed by atoms with Crippen molar-refractivity contribution in [2.75, 3.05) is 39.3 Å². The van der Waals surface area contributed by atoms with E-state index in [-0.39, 0.29) is 5.91 Å². The lowest BCUT2D eigenvalue weighted by Crippen LogP contribution is -2.50. The van der Waals surface area contributed by atoms with Crippen LogP contribution in [0.1, 0.15) is 41.4 Å². The number of hydrogen-bond acceptors (Lipinski definition) is 4. The van der Waals surface area contributed by atoms with Crippen LogP contribution in [-0.2, 0) is 11.2 Å². The van der Waals surface area contributed by atoms with E-state index in [1.165, 1.54) is 18.4 Å². The predicted molar refractivity (Wildman–Crippen MR) is 107 cm³/mol. The number of rotatable bonds is 4. The number of benzene rings is 1. The smallest absolute Gasteiger partial charge is 0.254 e. The van der Waals surface area contributed by atoms with Crippen LogP contribution >= 0.6 is 0 Å². The number of carbonyl (C=O) groups is 1. The van der Waals surface area contributed by atoms with Gasteiger partial charge in [0.1, 0.15) is 0 Å². The van der Waals surface area contributed by atoms with Crippen LogP contribution in [0.3, 0.4) is 0 Å². The molecule has 27 heavy (non-hydrogen) atoms. The number of fused-ring (bicyclic) bond motifs is 1. The van der Waals surface area contributed by atoms with Crippen LogP contribution in [0.15, 0.2) is 24.3 Å². The molecule has 0 radical (unpaired) electrons. The third-order valence-electron chi connectivity index (χ3n) is 5.79. The van der Waals surface area contributed by atoms with Gasteiger partial charge in [-0.3, -0.25) is 14.7 Å². The number of aromatic nitrogens is 1. The molecule has 2 fully saturated rings. The van der Waals surface area contributed by atoms with E-state index in [0.717, 1.165) is 67.9 Å². The highest BCUT2D eigenvalue weighted by molar-refractivity contribution is 6.06. The molecule has 2 aliphatic rings. The first-order valence-electron chi connectivity index (χ1n) is 10.2. The quantitative estimate of drug-likeness (QED) is 0.833. The van der Waals surface area contributed by atoms with Crippen molar-refractivity contribution in [3.05, 3.63) is 41.1 Å². The van der Waals surface area contributed by atoms with Gasteiger partial charge in [-0.05, 0) is 49.9 Å². The number of nitrogens with zero attached hydrogens (tertiary/aromatic N) is 3. The molecule has 2 aliphatic heterocycles. The average Bonchev–Trinajstić information content (AvgIpc) is 3.20. The second-order valence-corrected chi connectivity index (χ2v) is 7.74. The lowest BCUT2D eigenvalue weighted by atomic mass is 10.0. The highest BCUT2D eigenvalue weighted by Crippen LogP contribution is 2.23. The lowest BCUT2D eigenvalue weighted by molar-refractivity contribution is 0.0433. The number of piperazine rings is 1. The van der Waals surface area contributed by atoms with E-state index in [1.54, 1.807) is 0 Å². The molecule has 1 atom stereocenters. The molecule has 0 bridgehead atoms. The van der Waals surface area contributed by atoms with Crippen molar-refractivity contribution in [2.24, 2.45) is 0 Å². The maximum Gasteiger partial charge on any atom is 0.254 e. The van der Waals surface area contributed by atoms with Crippen molar-refractivity contribution in [1.82, 2.24) is 14.8 Å². The van der Waals surface area contributed by atoms with Gasteiger partial charge in [-0.25, -0.2) is 0 Å². The van der Waals surface area contributed by atoms with E-state index in [2.05, 4.69) is 28.9 Å². The molecule has 5 nitrogen and oxygen atoms in total. The molecule has 2 saturated heterocycles. The summed E-state index contributed by atoms with van der Waals surface area (Å²) in [7, 11) is 0. The molecule has 3 heterocycles. The molecule has 1 amide bonds. The van der Waals surface area contributed by atoms with Gasteiger partial charge < -0.3 is 9.64 Å². The summed E-state index contributed by atoms with van der Waals surface area (Å²) >= 11 is 0. The molecule has 1 aromatic carbocycles. The van der Waals surface area contributed by atoms with Crippen molar-refractivity contribution in [2.45, 2.75) is 39.2 Å². The summed E-state index contributed by atoms with van der Waals surface area (Å²) in [5.74, 6) is 0.135. The van der Waals surface area contributed by atoms with Gasteiger partial charge in [0.2, 0.25) is 0 Å². The molecule has 0 saturated carbocycles. The van der Waals surface area contributed by atoms with Crippen molar-refractivity contribution in [3.63, 3.8) is 0 Å². The molecule has 1 unspecified atom stereocenters. The van der Waals surface area contributed by atoms with E-state index in [9.17, 15) is 4.79 Å². The zero-order valence-corrected chi connectivity index (χ0v) is 16.4. The van der Waals surface area contributed by atoms with Crippen LogP contribution in [0.5, 0.6) is 0 Å². The highest BCUT2D eigenvalue weighted by atomic mass is 16.5. The average molecular weight is 367 g/mol. The Bertz CT molecular complexity index is 822. The van der Waals surface area contributed by atoms with E-state index in [1.807, 2.05) is 24.0 Å². The van der Waals surface area contributed by atoms with Crippen LogP contribution in [0.25, 0.3) is 10.9 Å². The number of aryl methyl sites for hydroxylation is 2. The van der Waals surface area contributed by atoms with Crippen molar-refractivity contribution >= 4 is 16.8 Å². The first kappa shape index (κ1) is 18.4. The number of ether oxygens (including phenoxy) is 1. The summed E-state index contributed by atoms with van der Waals surface area (Å²) in [6.07, 6.45) is 3.68. The molecule has 0 spiro atoms. The summed E-state index contributed by atoms with van der Waals surface area (Å²) in [4.78, 5) is 22.3.